The third kappa shape index (κ3) is 2.71. The molecule has 0 radical (unpaired) electrons. The second-order valence-corrected chi connectivity index (χ2v) is 4.06. The van der Waals surface area contributed by atoms with Gasteiger partial charge in [0.1, 0.15) is 0 Å². The van der Waals surface area contributed by atoms with Crippen molar-refractivity contribution in [2.24, 2.45) is 7.05 Å². The third-order valence-corrected chi connectivity index (χ3v) is 2.86. The van der Waals surface area contributed by atoms with Crippen LogP contribution in [0.2, 0.25) is 0 Å². The molecule has 1 N–H and O–H groups in total. The first-order chi connectivity index (χ1) is 8.68. The van der Waals surface area contributed by atoms with Gasteiger partial charge in [0.2, 0.25) is 0 Å². The van der Waals surface area contributed by atoms with E-state index in [4.69, 9.17) is 0 Å². The lowest BCUT2D eigenvalue weighted by Crippen LogP contribution is -2.13. The summed E-state index contributed by atoms with van der Waals surface area (Å²) in [5.41, 5.74) is 0.806. The maximum atomic E-state index is 11.3. The maximum absolute atomic E-state index is 11.3. The predicted octanol–water partition coefficient (Wildman–Crippen LogP) is 1.01. The standard InChI is InChI=1S/C12H14N4O2/c1-16-11(13-14-15-16)8-7-10(12(17)18)9-5-3-2-4-6-9/h2-6,10H,7-8H2,1H3,(H,17,18). The average molecular weight is 246 g/mol. The quantitative estimate of drug-likeness (QED) is 0.851. The minimum Gasteiger partial charge on any atom is -0.481 e. The highest BCUT2D eigenvalue weighted by Crippen LogP contribution is 2.21. The van der Waals surface area contributed by atoms with Gasteiger partial charge in [-0.3, -0.25) is 4.79 Å². The lowest BCUT2D eigenvalue weighted by molar-refractivity contribution is -0.139. The van der Waals surface area contributed by atoms with Crippen molar-refractivity contribution >= 4 is 5.97 Å². The summed E-state index contributed by atoms with van der Waals surface area (Å²) in [7, 11) is 1.74. The van der Waals surface area contributed by atoms with E-state index in [-0.39, 0.29) is 0 Å². The lowest BCUT2D eigenvalue weighted by Gasteiger charge is -2.11. The summed E-state index contributed by atoms with van der Waals surface area (Å²) >= 11 is 0. The van der Waals surface area contributed by atoms with Gasteiger partial charge in [0.15, 0.2) is 5.82 Å². The second kappa shape index (κ2) is 5.39. The molecule has 6 nitrogen and oxygen atoms in total. The van der Waals surface area contributed by atoms with E-state index in [1.807, 2.05) is 30.3 Å². The van der Waals surface area contributed by atoms with Gasteiger partial charge in [-0.1, -0.05) is 30.3 Å². The van der Waals surface area contributed by atoms with E-state index in [9.17, 15) is 9.90 Å². The Hall–Kier alpha value is -2.24. The van der Waals surface area contributed by atoms with Crippen LogP contribution in [0.4, 0.5) is 0 Å². The number of tetrazole rings is 1. The number of aryl methyl sites for hydroxylation is 2. The van der Waals surface area contributed by atoms with Crippen LogP contribution in [0.3, 0.4) is 0 Å². The van der Waals surface area contributed by atoms with E-state index in [2.05, 4.69) is 15.5 Å². The Morgan fingerprint density at radius 1 is 1.39 bits per heavy atom. The van der Waals surface area contributed by atoms with Crippen molar-refractivity contribution in [3.63, 3.8) is 0 Å². The Morgan fingerprint density at radius 3 is 2.67 bits per heavy atom. The Kier molecular flexibility index (Phi) is 3.66. The fourth-order valence-corrected chi connectivity index (χ4v) is 1.85. The number of nitrogens with zero attached hydrogens (tertiary/aromatic N) is 4. The van der Waals surface area contributed by atoms with Gasteiger partial charge in [-0.25, -0.2) is 4.68 Å². The minimum atomic E-state index is -0.823. The summed E-state index contributed by atoms with van der Waals surface area (Å²) in [4.78, 5) is 11.3. The highest BCUT2D eigenvalue weighted by molar-refractivity contribution is 5.76. The van der Waals surface area contributed by atoms with Crippen LogP contribution in [-0.2, 0) is 18.3 Å². The number of aliphatic carboxylic acids is 1. The summed E-state index contributed by atoms with van der Waals surface area (Å²) in [6.07, 6.45) is 1.02. The van der Waals surface area contributed by atoms with Crippen LogP contribution < -0.4 is 0 Å². The minimum absolute atomic E-state index is 0.480. The molecule has 94 valence electrons. The number of carbonyl (C=O) groups is 1. The SMILES string of the molecule is Cn1nnnc1CCC(C(=O)O)c1ccccc1. The van der Waals surface area contributed by atoms with E-state index >= 15 is 0 Å². The molecule has 0 aliphatic rings. The number of rotatable bonds is 5. The van der Waals surface area contributed by atoms with Gasteiger partial charge in [0.05, 0.1) is 5.92 Å². The van der Waals surface area contributed by atoms with Gasteiger partial charge in [-0.15, -0.1) is 5.10 Å². The Bertz CT molecular complexity index is 524. The zero-order chi connectivity index (χ0) is 13.0. The second-order valence-electron chi connectivity index (χ2n) is 4.06. The molecular formula is C12H14N4O2. The largest absolute Gasteiger partial charge is 0.481 e. The fraction of sp³-hybridized carbons (Fsp3) is 0.333. The van der Waals surface area contributed by atoms with Crippen LogP contribution in [0.15, 0.2) is 30.3 Å². The van der Waals surface area contributed by atoms with Crippen molar-refractivity contribution in [2.75, 3.05) is 0 Å². The first kappa shape index (κ1) is 12.2. The summed E-state index contributed by atoms with van der Waals surface area (Å²) in [5.74, 6) is -0.656. The Morgan fingerprint density at radius 2 is 2.11 bits per heavy atom. The molecule has 1 atom stereocenters. The van der Waals surface area contributed by atoms with Crippen LogP contribution >= 0.6 is 0 Å². The van der Waals surface area contributed by atoms with Crippen molar-refractivity contribution in [1.29, 1.82) is 0 Å². The summed E-state index contributed by atoms with van der Waals surface area (Å²) in [6.45, 7) is 0. The smallest absolute Gasteiger partial charge is 0.310 e. The predicted molar refractivity (Wildman–Crippen MR) is 63.9 cm³/mol. The first-order valence-corrected chi connectivity index (χ1v) is 5.67. The van der Waals surface area contributed by atoms with Gasteiger partial charge in [-0.05, 0) is 22.4 Å². The van der Waals surface area contributed by atoms with Crippen LogP contribution in [0, 0.1) is 0 Å². The molecule has 0 aliphatic heterocycles. The molecule has 6 heteroatoms. The molecule has 0 spiro atoms. The molecule has 2 rings (SSSR count). The molecule has 1 aromatic heterocycles. The molecule has 1 heterocycles. The zero-order valence-corrected chi connectivity index (χ0v) is 10.0. The Labute approximate surface area is 104 Å². The van der Waals surface area contributed by atoms with Gasteiger partial charge in [-0.2, -0.15) is 0 Å². The van der Waals surface area contributed by atoms with Crippen LogP contribution in [0.5, 0.6) is 0 Å². The average Bonchev–Trinajstić information content (AvgIpc) is 2.76. The number of aromatic nitrogens is 4. The molecule has 1 unspecified atom stereocenters. The van der Waals surface area contributed by atoms with Crippen molar-refractivity contribution < 1.29 is 9.90 Å². The fourth-order valence-electron chi connectivity index (χ4n) is 1.85. The lowest BCUT2D eigenvalue weighted by atomic mass is 9.94. The van der Waals surface area contributed by atoms with Crippen molar-refractivity contribution in [3.8, 4) is 0 Å². The molecule has 2 aromatic rings. The summed E-state index contributed by atoms with van der Waals surface area (Å²) in [6, 6.07) is 9.21. The summed E-state index contributed by atoms with van der Waals surface area (Å²) < 4.78 is 1.56. The van der Waals surface area contributed by atoms with Crippen molar-refractivity contribution in [3.05, 3.63) is 41.7 Å². The molecule has 0 fully saturated rings. The van der Waals surface area contributed by atoms with E-state index < -0.39 is 11.9 Å². The number of hydrogen-bond acceptors (Lipinski definition) is 4. The topological polar surface area (TPSA) is 80.9 Å². The van der Waals surface area contributed by atoms with Gasteiger partial charge in [0.25, 0.3) is 0 Å². The molecule has 0 saturated carbocycles. The van der Waals surface area contributed by atoms with Gasteiger partial charge >= 0.3 is 5.97 Å². The molecule has 1 aromatic carbocycles. The van der Waals surface area contributed by atoms with E-state index in [1.165, 1.54) is 0 Å². The monoisotopic (exact) mass is 246 g/mol. The molecule has 0 bridgehead atoms. The zero-order valence-electron chi connectivity index (χ0n) is 10.0. The van der Waals surface area contributed by atoms with Crippen LogP contribution in [-0.4, -0.2) is 31.3 Å². The van der Waals surface area contributed by atoms with Crippen LogP contribution in [0.1, 0.15) is 23.7 Å². The number of carboxylic acids is 1. The van der Waals surface area contributed by atoms with Crippen molar-refractivity contribution in [1.82, 2.24) is 20.2 Å². The van der Waals surface area contributed by atoms with E-state index in [0.717, 1.165) is 5.56 Å². The van der Waals surface area contributed by atoms with E-state index in [1.54, 1.807) is 11.7 Å². The number of benzene rings is 1. The van der Waals surface area contributed by atoms with Gasteiger partial charge < -0.3 is 5.11 Å². The Balaban J connectivity index is 2.09. The molecule has 0 amide bonds. The number of carboxylic acid groups (broad SMARTS) is 1. The highest BCUT2D eigenvalue weighted by Gasteiger charge is 2.20. The van der Waals surface area contributed by atoms with Crippen LogP contribution in [0.25, 0.3) is 0 Å². The first-order valence-electron chi connectivity index (χ1n) is 5.67. The maximum Gasteiger partial charge on any atom is 0.310 e. The number of hydrogen-bond donors (Lipinski definition) is 1. The molecular weight excluding hydrogens is 232 g/mol. The normalized spacial score (nSPS) is 12.3. The third-order valence-electron chi connectivity index (χ3n) is 2.86. The molecule has 18 heavy (non-hydrogen) atoms. The highest BCUT2D eigenvalue weighted by atomic mass is 16.4. The molecule has 0 aliphatic carbocycles. The summed E-state index contributed by atoms with van der Waals surface area (Å²) in [5, 5.41) is 20.4. The molecule has 0 saturated heterocycles. The van der Waals surface area contributed by atoms with Gasteiger partial charge in [0, 0.05) is 13.5 Å². The van der Waals surface area contributed by atoms with E-state index in [0.29, 0.717) is 18.7 Å². The van der Waals surface area contributed by atoms with Crippen molar-refractivity contribution in [2.45, 2.75) is 18.8 Å².